The first-order valence-electron chi connectivity index (χ1n) is 9.60. The number of amides is 1. The van der Waals surface area contributed by atoms with Gasteiger partial charge in [0.25, 0.3) is 5.56 Å². The number of carbonyl (C=O) groups excluding carboxylic acids is 1. The molecule has 9 nitrogen and oxygen atoms in total. The minimum Gasteiger partial charge on any atom is -0.492 e. The van der Waals surface area contributed by atoms with Crippen molar-refractivity contribution in [2.45, 2.75) is 20.0 Å². The van der Waals surface area contributed by atoms with E-state index in [4.69, 9.17) is 16.3 Å². The third-order valence-corrected chi connectivity index (χ3v) is 4.76. The molecule has 0 aliphatic rings. The minimum absolute atomic E-state index is 0.0963. The summed E-state index contributed by atoms with van der Waals surface area (Å²) in [6.07, 6.45) is 1.32. The summed E-state index contributed by atoms with van der Waals surface area (Å²) in [7, 11) is 0. The SMILES string of the molecule is CCOc1ccccc1NC(=O)Cn1cnc2c(nnn2Cc2ccc(Cl)cc2)c1=O. The fraction of sp³-hybridized carbons (Fsp3) is 0.190. The fourth-order valence-corrected chi connectivity index (χ4v) is 3.19. The van der Waals surface area contributed by atoms with Crippen molar-refractivity contribution in [3.05, 3.63) is 75.8 Å². The first-order valence-corrected chi connectivity index (χ1v) is 9.97. The van der Waals surface area contributed by atoms with Gasteiger partial charge in [0.15, 0.2) is 11.2 Å². The third kappa shape index (κ3) is 4.56. The molecule has 0 saturated carbocycles. The van der Waals surface area contributed by atoms with Crippen LogP contribution in [-0.4, -0.2) is 37.1 Å². The van der Waals surface area contributed by atoms with Gasteiger partial charge < -0.3 is 10.1 Å². The molecule has 2 aromatic carbocycles. The largest absolute Gasteiger partial charge is 0.492 e. The van der Waals surface area contributed by atoms with Crippen LogP contribution in [-0.2, 0) is 17.9 Å². The summed E-state index contributed by atoms with van der Waals surface area (Å²) < 4.78 is 8.23. The molecule has 0 unspecified atom stereocenters. The van der Waals surface area contributed by atoms with Gasteiger partial charge in [0, 0.05) is 5.02 Å². The summed E-state index contributed by atoms with van der Waals surface area (Å²) in [5.41, 5.74) is 1.47. The lowest BCUT2D eigenvalue weighted by molar-refractivity contribution is -0.116. The molecule has 158 valence electrons. The smallest absolute Gasteiger partial charge is 0.283 e. The lowest BCUT2D eigenvalue weighted by Gasteiger charge is -2.11. The van der Waals surface area contributed by atoms with Gasteiger partial charge in [-0.3, -0.25) is 14.2 Å². The van der Waals surface area contributed by atoms with Crippen LogP contribution in [0.5, 0.6) is 5.75 Å². The number of ether oxygens (including phenoxy) is 1. The maximum atomic E-state index is 12.8. The molecule has 0 bridgehead atoms. The Balaban J connectivity index is 1.53. The number of fused-ring (bicyclic) bond motifs is 1. The highest BCUT2D eigenvalue weighted by atomic mass is 35.5. The van der Waals surface area contributed by atoms with Crippen LogP contribution in [0.25, 0.3) is 11.2 Å². The van der Waals surface area contributed by atoms with Crippen molar-refractivity contribution >= 4 is 34.4 Å². The number of hydrogen-bond acceptors (Lipinski definition) is 6. The Morgan fingerprint density at radius 2 is 1.94 bits per heavy atom. The van der Waals surface area contributed by atoms with E-state index in [2.05, 4.69) is 20.6 Å². The van der Waals surface area contributed by atoms with Gasteiger partial charge in [-0.25, -0.2) is 9.67 Å². The van der Waals surface area contributed by atoms with E-state index in [1.54, 1.807) is 30.3 Å². The van der Waals surface area contributed by atoms with E-state index in [1.807, 2.05) is 25.1 Å². The minimum atomic E-state index is -0.444. The Morgan fingerprint density at radius 3 is 2.71 bits per heavy atom. The molecular weight excluding hydrogens is 420 g/mol. The topological polar surface area (TPSA) is 104 Å². The lowest BCUT2D eigenvalue weighted by Crippen LogP contribution is -2.28. The number of para-hydroxylation sites is 2. The Morgan fingerprint density at radius 1 is 1.16 bits per heavy atom. The highest BCUT2D eigenvalue weighted by molar-refractivity contribution is 6.30. The molecule has 2 aromatic heterocycles. The van der Waals surface area contributed by atoms with Crippen LogP contribution in [0.2, 0.25) is 5.02 Å². The van der Waals surface area contributed by atoms with Crippen molar-refractivity contribution in [1.82, 2.24) is 24.5 Å². The highest BCUT2D eigenvalue weighted by Gasteiger charge is 2.15. The molecule has 1 N–H and O–H groups in total. The standard InChI is InChI=1S/C21H19ClN6O3/c1-2-31-17-6-4-3-5-16(17)24-18(29)12-27-13-23-20-19(21(27)30)25-26-28(20)11-14-7-9-15(22)10-8-14/h3-10,13H,2,11-12H2,1H3,(H,24,29). The monoisotopic (exact) mass is 438 g/mol. The van der Waals surface area contributed by atoms with Gasteiger partial charge in [0.1, 0.15) is 18.6 Å². The summed E-state index contributed by atoms with van der Waals surface area (Å²) in [5, 5.41) is 11.4. The molecule has 4 rings (SSSR count). The molecule has 0 spiro atoms. The first kappa shape index (κ1) is 20.5. The highest BCUT2D eigenvalue weighted by Crippen LogP contribution is 2.23. The second kappa shape index (κ2) is 8.97. The molecule has 0 aliphatic carbocycles. The maximum absolute atomic E-state index is 12.8. The summed E-state index contributed by atoms with van der Waals surface area (Å²) in [4.78, 5) is 29.6. The van der Waals surface area contributed by atoms with Gasteiger partial charge in [-0.05, 0) is 36.8 Å². The quantitative estimate of drug-likeness (QED) is 0.475. The van der Waals surface area contributed by atoms with Crippen molar-refractivity contribution in [3.63, 3.8) is 0 Å². The van der Waals surface area contributed by atoms with Crippen LogP contribution in [0.4, 0.5) is 5.69 Å². The van der Waals surface area contributed by atoms with Crippen LogP contribution < -0.4 is 15.6 Å². The number of hydrogen-bond donors (Lipinski definition) is 1. The van der Waals surface area contributed by atoms with Crippen molar-refractivity contribution < 1.29 is 9.53 Å². The Hall–Kier alpha value is -3.72. The molecule has 0 aliphatic heterocycles. The Labute approximate surface area is 182 Å². The van der Waals surface area contributed by atoms with Crippen molar-refractivity contribution in [3.8, 4) is 5.75 Å². The molecule has 0 fully saturated rings. The zero-order valence-electron chi connectivity index (χ0n) is 16.7. The molecule has 10 heteroatoms. The second-order valence-electron chi connectivity index (χ2n) is 6.70. The summed E-state index contributed by atoms with van der Waals surface area (Å²) >= 11 is 5.91. The summed E-state index contributed by atoms with van der Waals surface area (Å²) in [6.45, 7) is 2.50. The van der Waals surface area contributed by atoms with Gasteiger partial charge in [-0.2, -0.15) is 0 Å². The first-order chi connectivity index (χ1) is 15.0. The van der Waals surface area contributed by atoms with Gasteiger partial charge in [-0.15, -0.1) is 5.10 Å². The number of anilines is 1. The molecule has 0 atom stereocenters. The van der Waals surface area contributed by atoms with Crippen molar-refractivity contribution in [2.24, 2.45) is 0 Å². The number of nitrogens with one attached hydrogen (secondary N) is 1. The third-order valence-electron chi connectivity index (χ3n) is 4.51. The van der Waals surface area contributed by atoms with Crippen LogP contribution >= 0.6 is 11.6 Å². The fourth-order valence-electron chi connectivity index (χ4n) is 3.06. The van der Waals surface area contributed by atoms with E-state index in [0.717, 1.165) is 5.56 Å². The Bertz CT molecular complexity index is 1280. The van der Waals surface area contributed by atoms with Crippen LogP contribution in [0.15, 0.2) is 59.7 Å². The average molecular weight is 439 g/mol. The van der Waals surface area contributed by atoms with E-state index in [9.17, 15) is 9.59 Å². The van der Waals surface area contributed by atoms with Gasteiger partial charge in [0.2, 0.25) is 5.91 Å². The average Bonchev–Trinajstić information content (AvgIpc) is 3.17. The lowest BCUT2D eigenvalue weighted by atomic mass is 10.2. The number of rotatable bonds is 7. The van der Waals surface area contributed by atoms with E-state index in [0.29, 0.717) is 35.3 Å². The zero-order valence-corrected chi connectivity index (χ0v) is 17.4. The molecule has 2 heterocycles. The molecule has 31 heavy (non-hydrogen) atoms. The number of nitrogens with zero attached hydrogens (tertiary/aromatic N) is 5. The van der Waals surface area contributed by atoms with E-state index in [-0.39, 0.29) is 18.0 Å². The van der Waals surface area contributed by atoms with Crippen LogP contribution in [0, 0.1) is 0 Å². The second-order valence-corrected chi connectivity index (χ2v) is 7.14. The van der Waals surface area contributed by atoms with Gasteiger partial charge in [-0.1, -0.05) is 41.1 Å². The van der Waals surface area contributed by atoms with Crippen LogP contribution in [0.1, 0.15) is 12.5 Å². The molecule has 0 saturated heterocycles. The molecule has 4 aromatic rings. The number of carbonyl (C=O) groups is 1. The van der Waals surface area contributed by atoms with E-state index < -0.39 is 5.56 Å². The van der Waals surface area contributed by atoms with Crippen molar-refractivity contribution in [1.29, 1.82) is 0 Å². The zero-order chi connectivity index (χ0) is 21.8. The number of aromatic nitrogens is 5. The maximum Gasteiger partial charge on any atom is 0.283 e. The van der Waals surface area contributed by atoms with E-state index >= 15 is 0 Å². The normalized spacial score (nSPS) is 10.9. The Kier molecular flexibility index (Phi) is 5.94. The summed E-state index contributed by atoms with van der Waals surface area (Å²) in [5.74, 6) is 0.174. The van der Waals surface area contributed by atoms with E-state index in [1.165, 1.54) is 15.6 Å². The molecule has 1 amide bonds. The number of halogens is 1. The van der Waals surface area contributed by atoms with Crippen LogP contribution in [0.3, 0.4) is 0 Å². The predicted octanol–water partition coefficient (Wildman–Crippen LogP) is 2.73. The number of benzene rings is 2. The van der Waals surface area contributed by atoms with Gasteiger partial charge >= 0.3 is 0 Å². The summed E-state index contributed by atoms with van der Waals surface area (Å²) in [6, 6.07) is 14.4. The van der Waals surface area contributed by atoms with Gasteiger partial charge in [0.05, 0.1) is 18.8 Å². The predicted molar refractivity (Wildman–Crippen MR) is 116 cm³/mol. The molecule has 0 radical (unpaired) electrons. The van der Waals surface area contributed by atoms with Crippen molar-refractivity contribution in [2.75, 3.05) is 11.9 Å². The molecular formula is C21H19ClN6O3.